The Morgan fingerprint density at radius 2 is 1.38 bits per heavy atom. The van der Waals surface area contributed by atoms with Gasteiger partial charge < -0.3 is 28.4 Å². The number of ether oxygens (including phenoxy) is 6. The Morgan fingerprint density at radius 1 is 0.844 bits per heavy atom. The lowest BCUT2D eigenvalue weighted by atomic mass is 9.98. The highest BCUT2D eigenvalue weighted by atomic mass is 16.7. The molecular formula is C22H26O10. The minimum atomic E-state index is -1.29. The highest BCUT2D eigenvalue weighted by Crippen LogP contribution is 2.31. The van der Waals surface area contributed by atoms with Crippen molar-refractivity contribution in [2.45, 2.75) is 58.4 Å². The van der Waals surface area contributed by atoms with Crippen LogP contribution in [0, 0.1) is 0 Å². The van der Waals surface area contributed by atoms with E-state index < -0.39 is 54.6 Å². The molecule has 1 aliphatic heterocycles. The van der Waals surface area contributed by atoms with E-state index in [2.05, 4.69) is 6.58 Å². The molecule has 1 aromatic carbocycles. The standard InChI is InChI=1S/C22H26O10/c1-6-16-7-9-17(10-8-16)31-22-21(30-15(5)26)20(29-14(4)25)19(28-13(3)24)18(32-22)11-27-12(2)23/h6-10,18-22H,1,11H2,2-5H3/t18-,19-,20+,21+,22-/m1/s1. The summed E-state index contributed by atoms with van der Waals surface area (Å²) in [6.07, 6.45) is -4.50. The van der Waals surface area contributed by atoms with Gasteiger partial charge >= 0.3 is 23.9 Å². The SMILES string of the molecule is C=Cc1ccc(O[C@@H]2O[C@H](COC(C)=O)[C@@H](OC(C)=O)[C@H](OC(C)=O)[C@@H]2OC(C)=O)cc1. The molecule has 1 saturated heterocycles. The first-order chi connectivity index (χ1) is 15.1. The van der Waals surface area contributed by atoms with Crippen LogP contribution in [0.15, 0.2) is 30.8 Å². The van der Waals surface area contributed by atoms with Crippen LogP contribution in [0.4, 0.5) is 0 Å². The van der Waals surface area contributed by atoms with E-state index in [1.807, 2.05) is 0 Å². The fourth-order valence-electron chi connectivity index (χ4n) is 3.10. The molecule has 10 nitrogen and oxygen atoms in total. The number of esters is 4. The first-order valence-corrected chi connectivity index (χ1v) is 9.80. The van der Waals surface area contributed by atoms with Crippen molar-refractivity contribution in [3.05, 3.63) is 36.4 Å². The third-order valence-electron chi connectivity index (χ3n) is 4.32. The zero-order chi connectivity index (χ0) is 23.8. The van der Waals surface area contributed by atoms with Gasteiger partial charge in [0.2, 0.25) is 12.4 Å². The molecule has 0 saturated carbocycles. The van der Waals surface area contributed by atoms with Crippen LogP contribution < -0.4 is 4.74 Å². The average molecular weight is 450 g/mol. The largest absolute Gasteiger partial charge is 0.463 e. The summed E-state index contributed by atoms with van der Waals surface area (Å²) in [6, 6.07) is 6.78. The molecule has 5 atom stereocenters. The monoisotopic (exact) mass is 450 g/mol. The van der Waals surface area contributed by atoms with Crippen molar-refractivity contribution in [1.82, 2.24) is 0 Å². The van der Waals surface area contributed by atoms with Gasteiger partial charge in [0.15, 0.2) is 12.2 Å². The molecule has 0 amide bonds. The molecule has 174 valence electrons. The second-order valence-corrected chi connectivity index (χ2v) is 6.96. The predicted molar refractivity (Wildman–Crippen MR) is 109 cm³/mol. The van der Waals surface area contributed by atoms with Crippen molar-refractivity contribution in [2.75, 3.05) is 6.61 Å². The molecule has 0 radical (unpaired) electrons. The van der Waals surface area contributed by atoms with Gasteiger partial charge in [-0.1, -0.05) is 24.8 Å². The van der Waals surface area contributed by atoms with Crippen molar-refractivity contribution in [3.8, 4) is 5.75 Å². The third kappa shape index (κ3) is 7.09. The second-order valence-electron chi connectivity index (χ2n) is 6.96. The summed E-state index contributed by atoms with van der Waals surface area (Å²) in [5.74, 6) is -2.36. The molecule has 0 unspecified atom stereocenters. The van der Waals surface area contributed by atoms with Gasteiger partial charge in [-0.15, -0.1) is 0 Å². The molecule has 0 aliphatic carbocycles. The Kier molecular flexibility index (Phi) is 8.77. The molecule has 1 aromatic rings. The van der Waals surface area contributed by atoms with Crippen LogP contribution >= 0.6 is 0 Å². The van der Waals surface area contributed by atoms with Crippen molar-refractivity contribution < 1.29 is 47.6 Å². The molecule has 1 aliphatic rings. The van der Waals surface area contributed by atoms with Crippen molar-refractivity contribution in [1.29, 1.82) is 0 Å². The molecule has 32 heavy (non-hydrogen) atoms. The van der Waals surface area contributed by atoms with E-state index in [4.69, 9.17) is 28.4 Å². The number of hydrogen-bond acceptors (Lipinski definition) is 10. The summed E-state index contributed by atoms with van der Waals surface area (Å²) in [5, 5.41) is 0. The van der Waals surface area contributed by atoms with Crippen molar-refractivity contribution >= 4 is 30.0 Å². The van der Waals surface area contributed by atoms with E-state index in [9.17, 15) is 19.2 Å². The molecule has 0 N–H and O–H groups in total. The Labute approximate surface area is 185 Å². The van der Waals surface area contributed by atoms with Gasteiger partial charge in [0.25, 0.3) is 0 Å². The molecule has 0 bridgehead atoms. The molecule has 2 rings (SSSR count). The summed E-state index contributed by atoms with van der Waals surface area (Å²) in [5.41, 5.74) is 0.846. The zero-order valence-electron chi connectivity index (χ0n) is 18.3. The van der Waals surface area contributed by atoms with Crippen LogP contribution in [0.5, 0.6) is 5.75 Å². The first kappa shape index (κ1) is 24.9. The van der Waals surface area contributed by atoms with Gasteiger partial charge in [-0.2, -0.15) is 0 Å². The van der Waals surface area contributed by atoms with Crippen LogP contribution in [0.3, 0.4) is 0 Å². The van der Waals surface area contributed by atoms with E-state index in [-0.39, 0.29) is 6.61 Å². The maximum absolute atomic E-state index is 11.8. The van der Waals surface area contributed by atoms with Crippen LogP contribution in [0.25, 0.3) is 6.08 Å². The Morgan fingerprint density at radius 3 is 1.88 bits per heavy atom. The van der Waals surface area contributed by atoms with Gasteiger partial charge in [-0.3, -0.25) is 19.2 Å². The van der Waals surface area contributed by atoms with E-state index in [1.54, 1.807) is 30.3 Å². The molecule has 0 spiro atoms. The van der Waals surface area contributed by atoms with E-state index in [1.165, 1.54) is 6.92 Å². The fraction of sp³-hybridized carbons (Fsp3) is 0.455. The summed E-state index contributed by atoms with van der Waals surface area (Å²) in [4.78, 5) is 46.6. The van der Waals surface area contributed by atoms with Crippen molar-refractivity contribution in [2.24, 2.45) is 0 Å². The lowest BCUT2D eigenvalue weighted by Gasteiger charge is -2.43. The van der Waals surface area contributed by atoms with Crippen LogP contribution in [-0.2, 0) is 42.9 Å². The average Bonchev–Trinajstić information content (AvgIpc) is 2.70. The minimum absolute atomic E-state index is 0.326. The fourth-order valence-corrected chi connectivity index (χ4v) is 3.10. The third-order valence-corrected chi connectivity index (χ3v) is 4.32. The molecule has 1 fully saturated rings. The van der Waals surface area contributed by atoms with Gasteiger partial charge in [0.05, 0.1) is 0 Å². The van der Waals surface area contributed by atoms with Gasteiger partial charge in [0.1, 0.15) is 18.5 Å². The summed E-state index contributed by atoms with van der Waals surface area (Å²) >= 11 is 0. The first-order valence-electron chi connectivity index (χ1n) is 9.80. The summed E-state index contributed by atoms with van der Waals surface area (Å²) in [7, 11) is 0. The molecule has 10 heteroatoms. The maximum atomic E-state index is 11.8. The van der Waals surface area contributed by atoms with Gasteiger partial charge in [-0.05, 0) is 17.7 Å². The molecule has 0 aromatic heterocycles. The van der Waals surface area contributed by atoms with Crippen LogP contribution in [0.1, 0.15) is 33.3 Å². The number of carbonyl (C=O) groups excluding carboxylic acids is 4. The van der Waals surface area contributed by atoms with Crippen LogP contribution in [-0.4, -0.2) is 61.2 Å². The lowest BCUT2D eigenvalue weighted by Crippen LogP contribution is -2.63. The van der Waals surface area contributed by atoms with E-state index in [0.717, 1.165) is 26.3 Å². The lowest BCUT2D eigenvalue weighted by molar-refractivity contribution is -0.288. The van der Waals surface area contributed by atoms with E-state index in [0.29, 0.717) is 5.75 Å². The Hall–Kier alpha value is -3.40. The Balaban J connectivity index is 2.43. The van der Waals surface area contributed by atoms with E-state index >= 15 is 0 Å². The maximum Gasteiger partial charge on any atom is 0.303 e. The summed E-state index contributed by atoms with van der Waals surface area (Å²) in [6.45, 7) is 8.01. The number of carbonyl (C=O) groups is 4. The minimum Gasteiger partial charge on any atom is -0.463 e. The quantitative estimate of drug-likeness (QED) is 0.428. The zero-order valence-corrected chi connectivity index (χ0v) is 18.3. The highest BCUT2D eigenvalue weighted by molar-refractivity contribution is 5.68. The van der Waals surface area contributed by atoms with Gasteiger partial charge in [-0.25, -0.2) is 0 Å². The summed E-state index contributed by atoms with van der Waals surface area (Å²) < 4.78 is 32.7. The van der Waals surface area contributed by atoms with Crippen molar-refractivity contribution in [3.63, 3.8) is 0 Å². The molecule has 1 heterocycles. The van der Waals surface area contributed by atoms with Gasteiger partial charge in [0, 0.05) is 27.7 Å². The number of hydrogen-bond donors (Lipinski definition) is 0. The Bertz CT molecular complexity index is 847. The second kappa shape index (κ2) is 11.3. The number of benzene rings is 1. The normalized spacial score (nSPS) is 24.6. The highest BCUT2D eigenvalue weighted by Gasteiger charge is 2.53. The smallest absolute Gasteiger partial charge is 0.303 e. The number of rotatable bonds is 8. The topological polar surface area (TPSA) is 124 Å². The predicted octanol–water partition coefficient (Wildman–Crippen LogP) is 1.79. The molecular weight excluding hydrogens is 424 g/mol. The van der Waals surface area contributed by atoms with Crippen LogP contribution in [0.2, 0.25) is 0 Å².